The Kier molecular flexibility index (Phi) is 6.42. The number of rotatable bonds is 7. The summed E-state index contributed by atoms with van der Waals surface area (Å²) in [5.41, 5.74) is 3.38. The molecule has 5 nitrogen and oxygen atoms in total. The van der Waals surface area contributed by atoms with Gasteiger partial charge < -0.3 is 9.47 Å². The molecule has 0 saturated carbocycles. The highest BCUT2D eigenvalue weighted by Crippen LogP contribution is 2.29. The third-order valence-corrected chi connectivity index (χ3v) is 6.55. The summed E-state index contributed by atoms with van der Waals surface area (Å²) in [4.78, 5) is 9.64. The zero-order chi connectivity index (χ0) is 22.6. The van der Waals surface area contributed by atoms with E-state index in [2.05, 4.69) is 57.2 Å². The summed E-state index contributed by atoms with van der Waals surface area (Å²) in [6.07, 6.45) is 0. The topological polar surface area (TPSA) is 37.8 Å². The highest BCUT2D eigenvalue weighted by molar-refractivity contribution is 5.91. The number of pyridine rings is 1. The van der Waals surface area contributed by atoms with Gasteiger partial charge in [-0.15, -0.1) is 0 Å². The van der Waals surface area contributed by atoms with Crippen molar-refractivity contribution in [1.82, 2.24) is 14.8 Å². The standard InChI is InChI=1S/C28H31N3O2/c1-21-10-12-25-26(29-21)8-5-9-28(25)33-19-18-30-14-16-31(17-15-30)20-22-11-13-27(32-2)24-7-4-3-6-23(22)24/h3-13H,14-20H2,1-2H3. The van der Waals surface area contributed by atoms with E-state index in [1.807, 2.05) is 31.2 Å². The summed E-state index contributed by atoms with van der Waals surface area (Å²) >= 11 is 0. The van der Waals surface area contributed by atoms with Gasteiger partial charge in [0.15, 0.2) is 0 Å². The Bertz CT molecular complexity index is 1250. The minimum absolute atomic E-state index is 0.691. The van der Waals surface area contributed by atoms with E-state index < -0.39 is 0 Å². The van der Waals surface area contributed by atoms with Gasteiger partial charge in [-0.1, -0.05) is 36.4 Å². The van der Waals surface area contributed by atoms with Gasteiger partial charge in [-0.05, 0) is 48.2 Å². The first-order valence-corrected chi connectivity index (χ1v) is 11.7. The average Bonchev–Trinajstić information content (AvgIpc) is 2.85. The van der Waals surface area contributed by atoms with E-state index >= 15 is 0 Å². The second-order valence-electron chi connectivity index (χ2n) is 8.71. The van der Waals surface area contributed by atoms with Gasteiger partial charge in [-0.25, -0.2) is 0 Å². The van der Waals surface area contributed by atoms with Crippen molar-refractivity contribution >= 4 is 21.7 Å². The Labute approximate surface area is 195 Å². The first kappa shape index (κ1) is 21.7. The number of hydrogen-bond acceptors (Lipinski definition) is 5. The summed E-state index contributed by atoms with van der Waals surface area (Å²) in [7, 11) is 1.74. The van der Waals surface area contributed by atoms with Crippen molar-refractivity contribution < 1.29 is 9.47 Å². The Morgan fingerprint density at radius 3 is 2.36 bits per heavy atom. The first-order chi connectivity index (χ1) is 16.2. The summed E-state index contributed by atoms with van der Waals surface area (Å²) in [5.74, 6) is 1.86. The second-order valence-corrected chi connectivity index (χ2v) is 8.71. The molecule has 3 aromatic carbocycles. The highest BCUT2D eigenvalue weighted by atomic mass is 16.5. The van der Waals surface area contributed by atoms with Gasteiger partial charge in [-0.2, -0.15) is 0 Å². The Morgan fingerprint density at radius 2 is 1.55 bits per heavy atom. The van der Waals surface area contributed by atoms with E-state index in [0.29, 0.717) is 6.61 Å². The number of nitrogens with zero attached hydrogens (tertiary/aromatic N) is 3. The molecule has 0 spiro atoms. The predicted molar refractivity (Wildman–Crippen MR) is 134 cm³/mol. The van der Waals surface area contributed by atoms with Crippen LogP contribution in [-0.2, 0) is 6.54 Å². The maximum Gasteiger partial charge on any atom is 0.128 e. The number of benzene rings is 3. The molecule has 33 heavy (non-hydrogen) atoms. The maximum atomic E-state index is 6.15. The molecule has 1 aliphatic rings. The van der Waals surface area contributed by atoms with Crippen LogP contribution in [0.3, 0.4) is 0 Å². The fraction of sp³-hybridized carbons (Fsp3) is 0.321. The summed E-state index contributed by atoms with van der Waals surface area (Å²) in [6, 6.07) is 23.1. The van der Waals surface area contributed by atoms with Crippen LogP contribution in [-0.4, -0.2) is 61.2 Å². The van der Waals surface area contributed by atoms with E-state index in [1.54, 1.807) is 7.11 Å². The van der Waals surface area contributed by atoms with Crippen LogP contribution in [0.15, 0.2) is 66.7 Å². The van der Waals surface area contributed by atoms with Crippen molar-refractivity contribution in [3.05, 3.63) is 78.0 Å². The van der Waals surface area contributed by atoms with Crippen molar-refractivity contribution in [3.8, 4) is 11.5 Å². The van der Waals surface area contributed by atoms with Gasteiger partial charge in [0.2, 0.25) is 0 Å². The lowest BCUT2D eigenvalue weighted by molar-refractivity contribution is 0.113. The molecule has 1 fully saturated rings. The number of methoxy groups -OCH3 is 1. The van der Waals surface area contributed by atoms with E-state index in [0.717, 1.165) is 67.4 Å². The number of piperazine rings is 1. The Morgan fingerprint density at radius 1 is 0.758 bits per heavy atom. The van der Waals surface area contributed by atoms with Crippen molar-refractivity contribution in [2.75, 3.05) is 46.4 Å². The fourth-order valence-electron chi connectivity index (χ4n) is 4.70. The van der Waals surface area contributed by atoms with Crippen LogP contribution in [0.4, 0.5) is 0 Å². The molecular formula is C28H31N3O2. The van der Waals surface area contributed by atoms with Crippen molar-refractivity contribution in [2.45, 2.75) is 13.5 Å². The molecule has 0 atom stereocenters. The van der Waals surface area contributed by atoms with Crippen molar-refractivity contribution in [2.24, 2.45) is 0 Å². The van der Waals surface area contributed by atoms with E-state index in [4.69, 9.17) is 9.47 Å². The lowest BCUT2D eigenvalue weighted by Gasteiger charge is -2.34. The van der Waals surface area contributed by atoms with Gasteiger partial charge in [0.05, 0.1) is 12.6 Å². The zero-order valence-electron chi connectivity index (χ0n) is 19.5. The molecule has 0 N–H and O–H groups in total. The molecule has 2 heterocycles. The van der Waals surface area contributed by atoms with E-state index in [-0.39, 0.29) is 0 Å². The average molecular weight is 442 g/mol. The van der Waals surface area contributed by atoms with Gasteiger partial charge >= 0.3 is 0 Å². The smallest absolute Gasteiger partial charge is 0.128 e. The number of fused-ring (bicyclic) bond motifs is 2. The fourth-order valence-corrected chi connectivity index (χ4v) is 4.70. The van der Waals surface area contributed by atoms with Gasteiger partial charge in [0.1, 0.15) is 18.1 Å². The van der Waals surface area contributed by atoms with Crippen LogP contribution in [0, 0.1) is 6.92 Å². The van der Waals surface area contributed by atoms with Crippen LogP contribution in [0.5, 0.6) is 11.5 Å². The molecule has 0 aliphatic carbocycles. The predicted octanol–water partition coefficient (Wildman–Crippen LogP) is 4.90. The monoisotopic (exact) mass is 441 g/mol. The third-order valence-electron chi connectivity index (χ3n) is 6.55. The molecule has 4 aromatic rings. The summed E-state index contributed by atoms with van der Waals surface area (Å²) in [5, 5.41) is 3.55. The zero-order valence-corrected chi connectivity index (χ0v) is 19.5. The van der Waals surface area contributed by atoms with E-state index in [9.17, 15) is 0 Å². The van der Waals surface area contributed by atoms with Crippen LogP contribution in [0.1, 0.15) is 11.3 Å². The molecule has 0 unspecified atom stereocenters. The number of aromatic nitrogens is 1. The largest absolute Gasteiger partial charge is 0.496 e. The Balaban J connectivity index is 1.15. The minimum atomic E-state index is 0.691. The quantitative estimate of drug-likeness (QED) is 0.408. The molecule has 1 aromatic heterocycles. The molecule has 1 saturated heterocycles. The molecule has 0 amide bonds. The molecule has 5 rings (SSSR count). The van der Waals surface area contributed by atoms with Gasteiger partial charge in [0, 0.05) is 55.7 Å². The molecule has 5 heteroatoms. The van der Waals surface area contributed by atoms with Crippen LogP contribution in [0.2, 0.25) is 0 Å². The maximum absolute atomic E-state index is 6.15. The third kappa shape index (κ3) is 4.80. The van der Waals surface area contributed by atoms with Crippen LogP contribution >= 0.6 is 0 Å². The van der Waals surface area contributed by atoms with Gasteiger partial charge in [0.25, 0.3) is 0 Å². The molecule has 0 radical (unpaired) electrons. The SMILES string of the molecule is COc1ccc(CN2CCN(CCOc3cccc4nc(C)ccc34)CC2)c2ccccc12. The first-order valence-electron chi connectivity index (χ1n) is 11.7. The molecule has 170 valence electrons. The normalized spacial score (nSPS) is 15.2. The summed E-state index contributed by atoms with van der Waals surface area (Å²) in [6.45, 7) is 8.88. The number of hydrogen-bond donors (Lipinski definition) is 0. The van der Waals surface area contributed by atoms with Crippen molar-refractivity contribution in [1.29, 1.82) is 0 Å². The minimum Gasteiger partial charge on any atom is -0.496 e. The van der Waals surface area contributed by atoms with E-state index in [1.165, 1.54) is 16.3 Å². The number of aryl methyl sites for hydroxylation is 1. The Hall–Kier alpha value is -3.15. The second kappa shape index (κ2) is 9.77. The molecule has 1 aliphatic heterocycles. The van der Waals surface area contributed by atoms with Crippen molar-refractivity contribution in [3.63, 3.8) is 0 Å². The highest BCUT2D eigenvalue weighted by Gasteiger charge is 2.18. The number of ether oxygens (including phenoxy) is 2. The van der Waals surface area contributed by atoms with Crippen LogP contribution < -0.4 is 9.47 Å². The lowest BCUT2D eigenvalue weighted by Crippen LogP contribution is -2.47. The van der Waals surface area contributed by atoms with Gasteiger partial charge in [-0.3, -0.25) is 14.8 Å². The summed E-state index contributed by atoms with van der Waals surface area (Å²) < 4.78 is 11.7. The molecular weight excluding hydrogens is 410 g/mol. The van der Waals surface area contributed by atoms with Crippen LogP contribution in [0.25, 0.3) is 21.7 Å². The lowest BCUT2D eigenvalue weighted by atomic mass is 10.0. The molecule has 0 bridgehead atoms.